The molecule has 0 fully saturated rings. The fourth-order valence-corrected chi connectivity index (χ4v) is 2.12. The third-order valence-electron chi connectivity index (χ3n) is 2.30. The van der Waals surface area contributed by atoms with E-state index in [2.05, 4.69) is 42.2 Å². The number of anilines is 1. The van der Waals surface area contributed by atoms with Crippen molar-refractivity contribution in [1.82, 2.24) is 4.98 Å². The van der Waals surface area contributed by atoms with Gasteiger partial charge in [-0.25, -0.2) is 0 Å². The molecule has 2 aromatic rings. The van der Waals surface area contributed by atoms with Gasteiger partial charge in [0.05, 0.1) is 5.69 Å². The van der Waals surface area contributed by atoms with E-state index in [1.807, 2.05) is 30.3 Å². The number of benzene rings is 1. The number of hydrogen-bond acceptors (Lipinski definition) is 2. The molecule has 0 unspecified atom stereocenters. The van der Waals surface area contributed by atoms with Crippen LogP contribution in [-0.4, -0.2) is 10.9 Å². The van der Waals surface area contributed by atoms with Crippen molar-refractivity contribution in [2.75, 3.05) is 5.32 Å². The van der Waals surface area contributed by atoms with Gasteiger partial charge in [0.25, 0.3) is 0 Å². The lowest BCUT2D eigenvalue weighted by molar-refractivity contribution is -0.111. The van der Waals surface area contributed by atoms with E-state index in [0.717, 1.165) is 20.2 Å². The first-order chi connectivity index (χ1) is 9.15. The number of hydrogen-bond donors (Lipinski definition) is 1. The molecule has 1 aromatic heterocycles. The molecule has 96 valence electrons. The zero-order valence-corrected chi connectivity index (χ0v) is 13.0. The number of carbonyl (C=O) groups excluding carboxylic acids is 1. The number of aromatic nitrogens is 1. The van der Waals surface area contributed by atoms with Crippen LogP contribution in [0.3, 0.4) is 0 Å². The minimum Gasteiger partial charge on any atom is -0.321 e. The molecule has 1 aromatic carbocycles. The smallest absolute Gasteiger partial charge is 0.248 e. The SMILES string of the molecule is O=C(/C=C\c1cccnc1)Nc1cc(Br)ccc1Br. The van der Waals surface area contributed by atoms with Crippen molar-refractivity contribution in [3.05, 3.63) is 63.3 Å². The van der Waals surface area contributed by atoms with E-state index < -0.39 is 0 Å². The minimum absolute atomic E-state index is 0.192. The molecular weight excluding hydrogens is 372 g/mol. The van der Waals surface area contributed by atoms with Gasteiger partial charge in [-0.1, -0.05) is 22.0 Å². The maximum Gasteiger partial charge on any atom is 0.248 e. The predicted molar refractivity (Wildman–Crippen MR) is 83.7 cm³/mol. The van der Waals surface area contributed by atoms with Crippen LogP contribution in [-0.2, 0) is 4.79 Å². The maximum absolute atomic E-state index is 11.8. The number of pyridine rings is 1. The molecule has 5 heteroatoms. The Morgan fingerprint density at radius 1 is 1.26 bits per heavy atom. The molecule has 3 nitrogen and oxygen atoms in total. The summed E-state index contributed by atoms with van der Waals surface area (Å²) in [6, 6.07) is 9.30. The molecule has 0 aliphatic heterocycles. The van der Waals surface area contributed by atoms with Crippen LogP contribution >= 0.6 is 31.9 Å². The van der Waals surface area contributed by atoms with Crippen molar-refractivity contribution in [1.29, 1.82) is 0 Å². The van der Waals surface area contributed by atoms with Crippen LogP contribution < -0.4 is 5.32 Å². The average Bonchev–Trinajstić information content (AvgIpc) is 2.42. The normalized spacial score (nSPS) is 10.6. The summed E-state index contributed by atoms with van der Waals surface area (Å²) in [6.07, 6.45) is 6.58. The monoisotopic (exact) mass is 380 g/mol. The number of rotatable bonds is 3. The molecule has 1 amide bonds. The zero-order valence-electron chi connectivity index (χ0n) is 9.81. The van der Waals surface area contributed by atoms with Gasteiger partial charge in [-0.2, -0.15) is 0 Å². The molecule has 19 heavy (non-hydrogen) atoms. The summed E-state index contributed by atoms with van der Waals surface area (Å²) in [6.45, 7) is 0. The molecule has 0 saturated heterocycles. The highest BCUT2D eigenvalue weighted by molar-refractivity contribution is 9.11. The first-order valence-corrected chi connectivity index (χ1v) is 7.08. The number of halogens is 2. The Labute approximate surface area is 128 Å². The van der Waals surface area contributed by atoms with Crippen LogP contribution in [0.4, 0.5) is 5.69 Å². The van der Waals surface area contributed by atoms with E-state index >= 15 is 0 Å². The van der Waals surface area contributed by atoms with Crippen LogP contribution in [0.25, 0.3) is 6.08 Å². The van der Waals surface area contributed by atoms with Crippen LogP contribution in [0.2, 0.25) is 0 Å². The molecule has 0 saturated carbocycles. The van der Waals surface area contributed by atoms with Crippen LogP contribution in [0, 0.1) is 0 Å². The van der Waals surface area contributed by atoms with E-state index in [1.54, 1.807) is 18.5 Å². The summed E-state index contributed by atoms with van der Waals surface area (Å²) in [5, 5.41) is 2.80. The van der Waals surface area contributed by atoms with Crippen molar-refractivity contribution >= 4 is 49.5 Å². The second kappa shape index (κ2) is 6.63. The largest absolute Gasteiger partial charge is 0.321 e. The third kappa shape index (κ3) is 4.29. The fourth-order valence-electron chi connectivity index (χ4n) is 1.41. The summed E-state index contributed by atoms with van der Waals surface area (Å²) < 4.78 is 1.74. The number of nitrogens with one attached hydrogen (secondary N) is 1. The standard InChI is InChI=1S/C14H10Br2N2O/c15-11-4-5-12(16)13(8-11)18-14(19)6-3-10-2-1-7-17-9-10/h1-9H,(H,18,19)/b6-3-. The summed E-state index contributed by atoms with van der Waals surface area (Å²) >= 11 is 6.75. The molecule has 2 rings (SSSR count). The van der Waals surface area contributed by atoms with Gasteiger partial charge in [-0.3, -0.25) is 9.78 Å². The van der Waals surface area contributed by atoms with E-state index in [0.29, 0.717) is 0 Å². The quantitative estimate of drug-likeness (QED) is 0.807. The topological polar surface area (TPSA) is 42.0 Å². The molecule has 1 heterocycles. The lowest BCUT2D eigenvalue weighted by Gasteiger charge is -2.05. The first-order valence-electron chi connectivity index (χ1n) is 5.49. The van der Waals surface area contributed by atoms with Gasteiger partial charge in [-0.15, -0.1) is 0 Å². The van der Waals surface area contributed by atoms with Crippen LogP contribution in [0.1, 0.15) is 5.56 Å². The molecule has 0 radical (unpaired) electrons. The van der Waals surface area contributed by atoms with E-state index in [9.17, 15) is 4.79 Å². The highest BCUT2D eigenvalue weighted by Gasteiger charge is 2.03. The lowest BCUT2D eigenvalue weighted by Crippen LogP contribution is -2.08. The highest BCUT2D eigenvalue weighted by Crippen LogP contribution is 2.26. The Bertz CT molecular complexity index is 612. The highest BCUT2D eigenvalue weighted by atomic mass is 79.9. The maximum atomic E-state index is 11.8. The summed E-state index contributed by atoms with van der Waals surface area (Å²) in [5.41, 5.74) is 1.60. The van der Waals surface area contributed by atoms with Gasteiger partial charge >= 0.3 is 0 Å². The van der Waals surface area contributed by atoms with Gasteiger partial charge < -0.3 is 5.32 Å². The molecular formula is C14H10Br2N2O. The van der Waals surface area contributed by atoms with Crippen LogP contribution in [0.5, 0.6) is 0 Å². The van der Waals surface area contributed by atoms with Crippen molar-refractivity contribution < 1.29 is 4.79 Å². The van der Waals surface area contributed by atoms with E-state index in [1.165, 1.54) is 6.08 Å². The summed E-state index contributed by atoms with van der Waals surface area (Å²) in [5.74, 6) is -0.192. The summed E-state index contributed by atoms with van der Waals surface area (Å²) in [7, 11) is 0. The second-order valence-corrected chi connectivity index (χ2v) is 5.50. The molecule has 0 aliphatic rings. The van der Waals surface area contributed by atoms with Crippen molar-refractivity contribution in [2.24, 2.45) is 0 Å². The zero-order chi connectivity index (χ0) is 13.7. The average molecular weight is 382 g/mol. The van der Waals surface area contributed by atoms with Crippen molar-refractivity contribution in [2.45, 2.75) is 0 Å². The Morgan fingerprint density at radius 2 is 2.11 bits per heavy atom. The molecule has 1 N–H and O–H groups in total. The van der Waals surface area contributed by atoms with E-state index in [-0.39, 0.29) is 5.91 Å². The second-order valence-electron chi connectivity index (χ2n) is 3.73. The Hall–Kier alpha value is -1.46. The molecule has 0 atom stereocenters. The first kappa shape index (κ1) is 14.0. The Balaban J connectivity index is 2.06. The van der Waals surface area contributed by atoms with Gasteiger partial charge in [-0.05, 0) is 51.8 Å². The van der Waals surface area contributed by atoms with Gasteiger partial charge in [0.2, 0.25) is 5.91 Å². The van der Waals surface area contributed by atoms with Gasteiger partial charge in [0.15, 0.2) is 0 Å². The fraction of sp³-hybridized carbons (Fsp3) is 0. The number of amides is 1. The molecule has 0 bridgehead atoms. The van der Waals surface area contributed by atoms with E-state index in [4.69, 9.17) is 0 Å². The Morgan fingerprint density at radius 3 is 2.84 bits per heavy atom. The number of nitrogens with zero attached hydrogens (tertiary/aromatic N) is 1. The van der Waals surface area contributed by atoms with Crippen molar-refractivity contribution in [3.63, 3.8) is 0 Å². The number of carbonyl (C=O) groups is 1. The summed E-state index contributed by atoms with van der Waals surface area (Å²) in [4.78, 5) is 15.8. The minimum atomic E-state index is -0.192. The third-order valence-corrected chi connectivity index (χ3v) is 3.48. The van der Waals surface area contributed by atoms with Gasteiger partial charge in [0.1, 0.15) is 0 Å². The van der Waals surface area contributed by atoms with Gasteiger partial charge in [0, 0.05) is 27.4 Å². The Kier molecular flexibility index (Phi) is 4.87. The molecule has 0 aliphatic carbocycles. The lowest BCUT2D eigenvalue weighted by atomic mass is 10.2. The molecule has 0 spiro atoms. The predicted octanol–water partition coefficient (Wildman–Crippen LogP) is 4.26. The van der Waals surface area contributed by atoms with Crippen molar-refractivity contribution in [3.8, 4) is 0 Å². The van der Waals surface area contributed by atoms with Crippen LogP contribution in [0.15, 0.2) is 57.7 Å².